The Bertz CT molecular complexity index is 766. The Kier molecular flexibility index (Phi) is 9.19. The maximum Gasteiger partial charge on any atom is 0.257 e. The van der Waals surface area contributed by atoms with E-state index in [0.29, 0.717) is 31.1 Å². The highest BCUT2D eigenvalue weighted by Gasteiger charge is 2.20. The van der Waals surface area contributed by atoms with Crippen molar-refractivity contribution < 1.29 is 14.3 Å². The van der Waals surface area contributed by atoms with Gasteiger partial charge in [0.2, 0.25) is 0 Å². The van der Waals surface area contributed by atoms with Crippen molar-refractivity contribution in [2.45, 2.75) is 38.1 Å². The van der Waals surface area contributed by atoms with Crippen LogP contribution in [0.3, 0.4) is 0 Å². The highest BCUT2D eigenvalue weighted by molar-refractivity contribution is 5.97. The van der Waals surface area contributed by atoms with Gasteiger partial charge in [-0.25, -0.2) is 0 Å². The first-order chi connectivity index (χ1) is 14.8. The Morgan fingerprint density at radius 2 is 1.80 bits per heavy atom. The third kappa shape index (κ3) is 6.85. The van der Waals surface area contributed by atoms with E-state index < -0.39 is 0 Å². The number of benzene rings is 2. The number of carbonyl (C=O) groups is 1. The molecule has 0 spiro atoms. The number of rotatable bonds is 5. The molecule has 0 aromatic heterocycles. The Morgan fingerprint density at radius 3 is 2.63 bits per heavy atom. The first kappa shape index (κ1) is 22.3. The van der Waals surface area contributed by atoms with Crippen molar-refractivity contribution >= 4 is 5.91 Å². The van der Waals surface area contributed by atoms with E-state index in [2.05, 4.69) is 29.6 Å². The van der Waals surface area contributed by atoms with Crippen molar-refractivity contribution in [2.24, 2.45) is 0 Å². The standard InChI is InChI=1S/C25H34N2O3/c1-29-18-17-27-16-10-3-2-9-15-26-22(19-21-11-5-4-6-12-21)20-30-24-14-8-7-13-23(24)25(27)28/h4-8,11-14,22,26H,2-3,9-10,15-20H2,1H3/t22-/m0/s1. The molecule has 2 aromatic carbocycles. The summed E-state index contributed by atoms with van der Waals surface area (Å²) in [5.41, 5.74) is 1.92. The minimum Gasteiger partial charge on any atom is -0.491 e. The largest absolute Gasteiger partial charge is 0.491 e. The molecule has 5 heteroatoms. The summed E-state index contributed by atoms with van der Waals surface area (Å²) in [6.07, 6.45) is 5.32. The Hall–Kier alpha value is -2.37. The van der Waals surface area contributed by atoms with Gasteiger partial charge < -0.3 is 19.7 Å². The third-order valence-corrected chi connectivity index (χ3v) is 5.52. The lowest BCUT2D eigenvalue weighted by molar-refractivity contribution is 0.0686. The van der Waals surface area contributed by atoms with Gasteiger partial charge in [0.05, 0.1) is 12.2 Å². The van der Waals surface area contributed by atoms with Crippen molar-refractivity contribution in [3.8, 4) is 5.75 Å². The van der Waals surface area contributed by atoms with E-state index in [0.717, 1.165) is 45.2 Å². The van der Waals surface area contributed by atoms with Crippen LogP contribution in [0.1, 0.15) is 41.6 Å². The molecular formula is C25H34N2O3. The van der Waals surface area contributed by atoms with Crippen LogP contribution in [0.2, 0.25) is 0 Å². The molecule has 30 heavy (non-hydrogen) atoms. The van der Waals surface area contributed by atoms with Crippen LogP contribution in [-0.2, 0) is 11.2 Å². The van der Waals surface area contributed by atoms with Crippen LogP contribution in [0.15, 0.2) is 54.6 Å². The van der Waals surface area contributed by atoms with Gasteiger partial charge in [0.1, 0.15) is 12.4 Å². The van der Waals surface area contributed by atoms with Crippen LogP contribution in [0, 0.1) is 0 Å². The lowest BCUT2D eigenvalue weighted by Crippen LogP contribution is -2.38. The van der Waals surface area contributed by atoms with Gasteiger partial charge >= 0.3 is 0 Å². The van der Waals surface area contributed by atoms with E-state index >= 15 is 0 Å². The molecule has 0 radical (unpaired) electrons. The zero-order chi connectivity index (χ0) is 21.0. The van der Waals surface area contributed by atoms with Gasteiger partial charge in [0.15, 0.2) is 0 Å². The number of carbonyl (C=O) groups excluding carboxylic acids is 1. The fourth-order valence-corrected chi connectivity index (χ4v) is 3.82. The highest BCUT2D eigenvalue weighted by atomic mass is 16.5. The van der Waals surface area contributed by atoms with Crippen LogP contribution >= 0.6 is 0 Å². The lowest BCUT2D eigenvalue weighted by Gasteiger charge is -2.25. The first-order valence-corrected chi connectivity index (χ1v) is 11.1. The molecule has 3 rings (SSSR count). The third-order valence-electron chi connectivity index (χ3n) is 5.52. The van der Waals surface area contributed by atoms with Gasteiger partial charge in [-0.2, -0.15) is 0 Å². The number of nitrogens with one attached hydrogen (secondary N) is 1. The second-order valence-electron chi connectivity index (χ2n) is 7.85. The molecule has 0 unspecified atom stereocenters. The molecule has 1 amide bonds. The van der Waals surface area contributed by atoms with Gasteiger partial charge in [-0.1, -0.05) is 55.3 Å². The minimum atomic E-state index is 0.0206. The predicted octanol–water partition coefficient (Wildman–Crippen LogP) is 3.93. The quantitative estimate of drug-likeness (QED) is 0.812. The van der Waals surface area contributed by atoms with Crippen LogP contribution < -0.4 is 10.1 Å². The molecule has 162 valence electrons. The van der Waals surface area contributed by atoms with Crippen molar-refractivity contribution in [3.05, 3.63) is 65.7 Å². The number of hydrogen-bond acceptors (Lipinski definition) is 4. The maximum absolute atomic E-state index is 13.3. The second kappa shape index (κ2) is 12.4. The molecule has 0 saturated heterocycles. The maximum atomic E-state index is 13.3. The molecule has 0 fully saturated rings. The molecule has 5 nitrogen and oxygen atoms in total. The monoisotopic (exact) mass is 410 g/mol. The van der Waals surface area contributed by atoms with E-state index in [4.69, 9.17) is 9.47 Å². The van der Waals surface area contributed by atoms with E-state index in [-0.39, 0.29) is 11.9 Å². The summed E-state index contributed by atoms with van der Waals surface area (Å²) >= 11 is 0. The molecule has 2 aromatic rings. The predicted molar refractivity (Wildman–Crippen MR) is 120 cm³/mol. The number of nitrogens with zero attached hydrogens (tertiary/aromatic N) is 1. The summed E-state index contributed by atoms with van der Waals surface area (Å²) in [5, 5.41) is 3.66. The fraction of sp³-hybridized carbons (Fsp3) is 0.480. The SMILES string of the molecule is COCCN1CCCCCCN[C@@H](Cc2ccccc2)COc2ccccc2C1=O. The Morgan fingerprint density at radius 1 is 1.03 bits per heavy atom. The topological polar surface area (TPSA) is 50.8 Å². The molecule has 0 bridgehead atoms. The van der Waals surface area contributed by atoms with Gasteiger partial charge in [-0.05, 0) is 43.5 Å². The average molecular weight is 411 g/mol. The zero-order valence-electron chi connectivity index (χ0n) is 18.0. The lowest BCUT2D eigenvalue weighted by atomic mass is 10.1. The van der Waals surface area contributed by atoms with Crippen LogP contribution in [0.25, 0.3) is 0 Å². The van der Waals surface area contributed by atoms with Crippen molar-refractivity contribution in [1.82, 2.24) is 10.2 Å². The number of hydrogen-bond donors (Lipinski definition) is 1. The van der Waals surface area contributed by atoms with Gasteiger partial charge in [0.25, 0.3) is 5.91 Å². The normalized spacial score (nSPS) is 18.9. The van der Waals surface area contributed by atoms with Gasteiger partial charge in [-0.15, -0.1) is 0 Å². The smallest absolute Gasteiger partial charge is 0.257 e. The van der Waals surface area contributed by atoms with Crippen LogP contribution in [0.5, 0.6) is 5.75 Å². The van der Waals surface area contributed by atoms with E-state index in [1.54, 1.807) is 7.11 Å². The number of ether oxygens (including phenoxy) is 2. The molecule has 0 saturated carbocycles. The fourth-order valence-electron chi connectivity index (χ4n) is 3.82. The average Bonchev–Trinajstić information content (AvgIpc) is 2.78. The van der Waals surface area contributed by atoms with Crippen LogP contribution in [0.4, 0.5) is 0 Å². The molecule has 1 aliphatic rings. The summed E-state index contributed by atoms with van der Waals surface area (Å²) < 4.78 is 11.4. The number of para-hydroxylation sites is 1. The number of amides is 1. The van der Waals surface area contributed by atoms with Crippen molar-refractivity contribution in [1.29, 1.82) is 0 Å². The van der Waals surface area contributed by atoms with Crippen molar-refractivity contribution in [2.75, 3.05) is 40.0 Å². The number of methoxy groups -OCH3 is 1. The summed E-state index contributed by atoms with van der Waals surface area (Å²) in [4.78, 5) is 15.2. The Labute approximate surface area is 180 Å². The van der Waals surface area contributed by atoms with Gasteiger partial charge in [0, 0.05) is 26.2 Å². The highest BCUT2D eigenvalue weighted by Crippen LogP contribution is 2.21. The van der Waals surface area contributed by atoms with E-state index in [1.165, 1.54) is 5.56 Å². The van der Waals surface area contributed by atoms with Crippen LogP contribution in [-0.4, -0.2) is 56.8 Å². The summed E-state index contributed by atoms with van der Waals surface area (Å²) in [6.45, 7) is 3.40. The molecule has 1 atom stereocenters. The molecule has 1 heterocycles. The molecule has 0 aliphatic carbocycles. The first-order valence-electron chi connectivity index (χ1n) is 11.1. The molecular weight excluding hydrogens is 376 g/mol. The Balaban J connectivity index is 1.77. The van der Waals surface area contributed by atoms with Gasteiger partial charge in [-0.3, -0.25) is 4.79 Å². The van der Waals surface area contributed by atoms with E-state index in [9.17, 15) is 4.79 Å². The summed E-state index contributed by atoms with van der Waals surface area (Å²) in [7, 11) is 1.67. The molecule has 1 N–H and O–H groups in total. The summed E-state index contributed by atoms with van der Waals surface area (Å²) in [6, 6.07) is 18.3. The minimum absolute atomic E-state index is 0.0206. The van der Waals surface area contributed by atoms with E-state index in [1.807, 2.05) is 35.2 Å². The zero-order valence-corrected chi connectivity index (χ0v) is 18.0. The number of fused-ring (bicyclic) bond motifs is 1. The second-order valence-corrected chi connectivity index (χ2v) is 7.85. The summed E-state index contributed by atoms with van der Waals surface area (Å²) in [5.74, 6) is 0.675. The van der Waals surface area contributed by atoms with Crippen molar-refractivity contribution in [3.63, 3.8) is 0 Å². The molecule has 1 aliphatic heterocycles.